The van der Waals surface area contributed by atoms with Gasteiger partial charge in [-0.15, -0.1) is 0 Å². The molecule has 2 heterocycles. The van der Waals surface area contributed by atoms with Crippen LogP contribution in [0.25, 0.3) is 0 Å². The zero-order chi connectivity index (χ0) is 19.3. The van der Waals surface area contributed by atoms with Crippen molar-refractivity contribution < 1.29 is 0 Å². The van der Waals surface area contributed by atoms with Crippen LogP contribution in [0, 0.1) is 0 Å². The van der Waals surface area contributed by atoms with Gasteiger partial charge in [0.05, 0.1) is 0 Å². The fraction of sp³-hybridized carbons (Fsp3) is 0.182. The second kappa shape index (κ2) is 8.82. The van der Waals surface area contributed by atoms with Gasteiger partial charge in [0.1, 0.15) is 11.1 Å². The van der Waals surface area contributed by atoms with Crippen molar-refractivity contribution in [1.82, 2.24) is 19.1 Å². The summed E-state index contributed by atoms with van der Waals surface area (Å²) in [7, 11) is 3.17. The predicted molar refractivity (Wildman–Crippen MR) is 121 cm³/mol. The Balaban J connectivity index is 1.66. The summed E-state index contributed by atoms with van der Waals surface area (Å²) < 4.78 is 4.34. The van der Waals surface area contributed by atoms with Gasteiger partial charge < -0.3 is 9.13 Å². The first-order chi connectivity index (χ1) is 13.7. The van der Waals surface area contributed by atoms with E-state index in [1.54, 1.807) is 0 Å². The van der Waals surface area contributed by atoms with Gasteiger partial charge in [-0.3, -0.25) is 0 Å². The van der Waals surface area contributed by atoms with E-state index < -0.39 is 15.8 Å². The molecule has 4 aromatic rings. The van der Waals surface area contributed by atoms with Crippen molar-refractivity contribution in [2.24, 2.45) is 14.1 Å². The lowest BCUT2D eigenvalue weighted by atomic mass is 10.4. The van der Waals surface area contributed by atoms with Gasteiger partial charge in [-0.2, -0.15) is 0 Å². The minimum absolute atomic E-state index is 0.512. The van der Waals surface area contributed by atoms with Crippen molar-refractivity contribution in [3.05, 3.63) is 85.5 Å². The first-order valence-electron chi connectivity index (χ1n) is 9.34. The van der Waals surface area contributed by atoms with Gasteiger partial charge in [0.2, 0.25) is 0 Å². The molecule has 0 spiro atoms. The SMILES string of the molecule is Cn1ccnc1P(CCP(c1ccccc1)c1nccn1C)c1ccccc1. The van der Waals surface area contributed by atoms with Gasteiger partial charge in [0.25, 0.3) is 0 Å². The summed E-state index contributed by atoms with van der Waals surface area (Å²) in [5.41, 5.74) is 2.37. The Morgan fingerprint density at radius 2 is 1.04 bits per heavy atom. The average Bonchev–Trinajstić information content (AvgIpc) is 3.35. The standard InChI is InChI=1S/C22H24N4P2/c1-25-15-13-23-21(25)27(19-9-5-3-6-10-19)17-18-28(20-11-7-4-8-12-20)22-24-14-16-26(22)2/h3-16H,17-18H2,1-2H3. The molecule has 0 bridgehead atoms. The maximum absolute atomic E-state index is 4.70. The molecule has 6 heteroatoms. The molecule has 2 atom stereocenters. The molecule has 4 nitrogen and oxygen atoms in total. The summed E-state index contributed by atoms with van der Waals surface area (Å²) in [6.45, 7) is 0. The maximum Gasteiger partial charge on any atom is 0.135 e. The summed E-state index contributed by atoms with van der Waals surface area (Å²) in [5.74, 6) is 0. The molecule has 0 fully saturated rings. The normalized spacial score (nSPS) is 13.4. The minimum atomic E-state index is -0.512. The predicted octanol–water partition coefficient (Wildman–Crippen LogP) is 2.72. The second-order valence-electron chi connectivity index (χ2n) is 6.65. The van der Waals surface area contributed by atoms with Gasteiger partial charge in [-0.05, 0) is 38.8 Å². The van der Waals surface area contributed by atoms with E-state index in [4.69, 9.17) is 9.97 Å². The molecule has 2 unspecified atom stereocenters. The van der Waals surface area contributed by atoms with Crippen LogP contribution < -0.4 is 21.7 Å². The Morgan fingerprint density at radius 1 is 0.643 bits per heavy atom. The van der Waals surface area contributed by atoms with E-state index in [1.807, 2.05) is 24.8 Å². The van der Waals surface area contributed by atoms with Crippen molar-refractivity contribution in [1.29, 1.82) is 0 Å². The molecule has 0 aliphatic rings. The highest BCUT2D eigenvalue weighted by atomic mass is 31.1. The van der Waals surface area contributed by atoms with Crippen LogP contribution in [0.15, 0.2) is 85.5 Å². The minimum Gasteiger partial charge on any atom is -0.334 e. The van der Waals surface area contributed by atoms with Gasteiger partial charge in [-0.25, -0.2) is 9.97 Å². The van der Waals surface area contributed by atoms with Crippen LogP contribution in [-0.4, -0.2) is 31.4 Å². The lowest BCUT2D eigenvalue weighted by Gasteiger charge is -2.22. The van der Waals surface area contributed by atoms with Gasteiger partial charge in [0.15, 0.2) is 0 Å². The number of hydrogen-bond acceptors (Lipinski definition) is 2. The molecule has 0 saturated carbocycles. The molecule has 0 aliphatic carbocycles. The highest BCUT2D eigenvalue weighted by Gasteiger charge is 2.23. The molecule has 0 aliphatic heterocycles. The molecular weight excluding hydrogens is 382 g/mol. The number of aromatic nitrogens is 4. The van der Waals surface area contributed by atoms with Crippen LogP contribution in [0.2, 0.25) is 0 Å². The van der Waals surface area contributed by atoms with E-state index in [0.717, 1.165) is 12.3 Å². The summed E-state index contributed by atoms with van der Waals surface area (Å²) in [6.07, 6.45) is 10.1. The number of hydrogen-bond donors (Lipinski definition) is 0. The van der Waals surface area contributed by atoms with Gasteiger partial charge >= 0.3 is 0 Å². The second-order valence-corrected chi connectivity index (χ2v) is 11.1. The molecular formula is C22H24N4P2. The van der Waals surface area contributed by atoms with E-state index in [2.05, 4.69) is 83.9 Å². The van der Waals surface area contributed by atoms with Crippen molar-refractivity contribution in [3.8, 4) is 0 Å². The van der Waals surface area contributed by atoms with Crippen LogP contribution in [0.1, 0.15) is 0 Å². The summed E-state index contributed by atoms with van der Waals surface area (Å²) >= 11 is 0. The number of rotatable bonds is 7. The third kappa shape index (κ3) is 4.09. The Hall–Kier alpha value is -2.28. The molecule has 0 N–H and O–H groups in total. The first kappa shape index (κ1) is 19.1. The first-order valence-corrected chi connectivity index (χ1v) is 12.4. The van der Waals surface area contributed by atoms with Crippen LogP contribution in [0.3, 0.4) is 0 Å². The molecule has 0 radical (unpaired) electrons. The van der Waals surface area contributed by atoms with Gasteiger partial charge in [-0.1, -0.05) is 60.7 Å². The smallest absolute Gasteiger partial charge is 0.135 e. The lowest BCUT2D eigenvalue weighted by molar-refractivity contribution is 0.950. The topological polar surface area (TPSA) is 35.6 Å². The fourth-order valence-electron chi connectivity index (χ4n) is 3.34. The molecule has 142 valence electrons. The Kier molecular flexibility index (Phi) is 6.00. The third-order valence-corrected chi connectivity index (χ3v) is 10.1. The van der Waals surface area contributed by atoms with Crippen molar-refractivity contribution in [3.63, 3.8) is 0 Å². The molecule has 4 rings (SSSR count). The number of benzene rings is 2. The Labute approximate surface area is 168 Å². The van der Waals surface area contributed by atoms with E-state index >= 15 is 0 Å². The number of aryl methyl sites for hydroxylation is 2. The Morgan fingerprint density at radius 3 is 1.36 bits per heavy atom. The van der Waals surface area contributed by atoms with Crippen LogP contribution in [0.5, 0.6) is 0 Å². The Bertz CT molecular complexity index is 927. The van der Waals surface area contributed by atoms with E-state index in [-0.39, 0.29) is 0 Å². The molecule has 0 amide bonds. The summed E-state index contributed by atoms with van der Waals surface area (Å²) in [4.78, 5) is 9.40. The van der Waals surface area contributed by atoms with Crippen LogP contribution >= 0.6 is 15.8 Å². The largest absolute Gasteiger partial charge is 0.334 e. The highest BCUT2D eigenvalue weighted by molar-refractivity contribution is 7.76. The van der Waals surface area contributed by atoms with Gasteiger partial charge in [0, 0.05) is 38.9 Å². The van der Waals surface area contributed by atoms with E-state index in [0.29, 0.717) is 0 Å². The van der Waals surface area contributed by atoms with Crippen molar-refractivity contribution in [2.75, 3.05) is 12.3 Å². The van der Waals surface area contributed by atoms with Crippen LogP contribution in [0.4, 0.5) is 0 Å². The number of imidazole rings is 2. The van der Waals surface area contributed by atoms with Crippen molar-refractivity contribution >= 4 is 37.6 Å². The fourth-order valence-corrected chi connectivity index (χ4v) is 8.69. The van der Waals surface area contributed by atoms with Crippen molar-refractivity contribution in [2.45, 2.75) is 0 Å². The number of nitrogens with zero attached hydrogens (tertiary/aromatic N) is 4. The monoisotopic (exact) mass is 406 g/mol. The summed E-state index contributed by atoms with van der Waals surface area (Å²) in [6, 6.07) is 21.7. The van der Waals surface area contributed by atoms with E-state index in [1.165, 1.54) is 21.7 Å². The zero-order valence-corrected chi connectivity index (χ0v) is 18.0. The quantitative estimate of drug-likeness (QED) is 0.443. The zero-order valence-electron chi connectivity index (χ0n) is 16.2. The lowest BCUT2D eigenvalue weighted by Crippen LogP contribution is -2.26. The average molecular weight is 406 g/mol. The third-order valence-electron chi connectivity index (χ3n) is 4.76. The van der Waals surface area contributed by atoms with E-state index in [9.17, 15) is 0 Å². The maximum atomic E-state index is 4.70. The van der Waals surface area contributed by atoms with Crippen LogP contribution in [-0.2, 0) is 14.1 Å². The molecule has 28 heavy (non-hydrogen) atoms. The molecule has 0 saturated heterocycles. The molecule has 2 aromatic heterocycles. The molecule has 2 aromatic carbocycles. The highest BCUT2D eigenvalue weighted by Crippen LogP contribution is 2.40. The summed E-state index contributed by atoms with van der Waals surface area (Å²) in [5, 5.41) is 2.77.